The summed E-state index contributed by atoms with van der Waals surface area (Å²) in [6.07, 6.45) is 3.62. The number of rotatable bonds is 7. The van der Waals surface area contributed by atoms with Crippen molar-refractivity contribution in [3.63, 3.8) is 0 Å². The van der Waals surface area contributed by atoms with Crippen LogP contribution in [0.5, 0.6) is 0 Å². The molecule has 5 heteroatoms. The van der Waals surface area contributed by atoms with Gasteiger partial charge in [0.05, 0.1) is 6.54 Å². The van der Waals surface area contributed by atoms with Crippen molar-refractivity contribution in [3.8, 4) is 0 Å². The molecule has 0 spiro atoms. The number of likely N-dealkylation sites (tertiary alicyclic amines) is 1. The first-order valence-corrected chi connectivity index (χ1v) is 6.49. The van der Waals surface area contributed by atoms with E-state index in [-0.39, 0.29) is 11.8 Å². The Kier molecular flexibility index (Phi) is 6.62. The van der Waals surface area contributed by atoms with Gasteiger partial charge in [0, 0.05) is 32.6 Å². The summed E-state index contributed by atoms with van der Waals surface area (Å²) in [4.78, 5) is 24.8. The normalized spacial score (nSPS) is 15.0. The van der Waals surface area contributed by atoms with Gasteiger partial charge in [0.15, 0.2) is 0 Å². The highest BCUT2D eigenvalue weighted by atomic mass is 16.2. The molecule has 1 fully saturated rings. The fraction of sp³-hybridized carbons (Fsp3) is 0.833. The van der Waals surface area contributed by atoms with E-state index in [4.69, 9.17) is 0 Å². The quantitative estimate of drug-likeness (QED) is 0.622. The fourth-order valence-electron chi connectivity index (χ4n) is 1.83. The minimum atomic E-state index is 0.0490. The first kappa shape index (κ1) is 14.0. The van der Waals surface area contributed by atoms with Crippen molar-refractivity contribution in [2.45, 2.75) is 32.6 Å². The summed E-state index contributed by atoms with van der Waals surface area (Å²) in [5, 5.41) is 5.82. The maximum absolute atomic E-state index is 11.6. The van der Waals surface area contributed by atoms with Crippen molar-refractivity contribution in [2.24, 2.45) is 0 Å². The number of amides is 2. The summed E-state index contributed by atoms with van der Waals surface area (Å²) in [5.41, 5.74) is 0. The summed E-state index contributed by atoms with van der Waals surface area (Å²) < 4.78 is 0. The minimum Gasteiger partial charge on any atom is -0.356 e. The summed E-state index contributed by atoms with van der Waals surface area (Å²) in [7, 11) is 0. The molecule has 1 rings (SSSR count). The smallest absolute Gasteiger partial charge is 0.236 e. The molecule has 0 aromatic heterocycles. The van der Waals surface area contributed by atoms with Gasteiger partial charge in [0.25, 0.3) is 0 Å². The predicted molar refractivity (Wildman–Crippen MR) is 66.6 cm³/mol. The molecule has 2 N–H and O–H groups in total. The van der Waals surface area contributed by atoms with Crippen LogP contribution in [0.15, 0.2) is 0 Å². The van der Waals surface area contributed by atoms with Crippen molar-refractivity contribution < 1.29 is 9.59 Å². The lowest BCUT2D eigenvalue weighted by atomic mass is 10.3. The van der Waals surface area contributed by atoms with Gasteiger partial charge < -0.3 is 15.5 Å². The fourth-order valence-corrected chi connectivity index (χ4v) is 1.83. The molecule has 98 valence electrons. The molecule has 1 aliphatic heterocycles. The first-order chi connectivity index (χ1) is 8.24. The van der Waals surface area contributed by atoms with E-state index in [2.05, 4.69) is 10.6 Å². The van der Waals surface area contributed by atoms with E-state index in [0.29, 0.717) is 19.5 Å². The number of nitrogens with zero attached hydrogens (tertiary/aromatic N) is 1. The Balaban J connectivity index is 1.99. The topological polar surface area (TPSA) is 61.4 Å². The molecule has 0 aromatic rings. The van der Waals surface area contributed by atoms with Crippen LogP contribution in [-0.4, -0.2) is 49.4 Å². The van der Waals surface area contributed by atoms with Crippen LogP contribution >= 0.6 is 0 Å². The van der Waals surface area contributed by atoms with E-state index in [1.54, 1.807) is 0 Å². The van der Waals surface area contributed by atoms with Gasteiger partial charge in [-0.05, 0) is 19.3 Å². The zero-order chi connectivity index (χ0) is 12.5. The molecule has 5 nitrogen and oxygen atoms in total. The van der Waals surface area contributed by atoms with Crippen LogP contribution in [0.25, 0.3) is 0 Å². The Hall–Kier alpha value is -1.10. The summed E-state index contributed by atoms with van der Waals surface area (Å²) in [5.74, 6) is 0.199. The van der Waals surface area contributed by atoms with Crippen molar-refractivity contribution in [2.75, 3.05) is 32.7 Å². The molecule has 0 aromatic carbocycles. The van der Waals surface area contributed by atoms with Crippen molar-refractivity contribution >= 4 is 11.8 Å². The van der Waals surface area contributed by atoms with Crippen molar-refractivity contribution in [1.82, 2.24) is 15.5 Å². The maximum atomic E-state index is 11.6. The number of hydrogen-bond acceptors (Lipinski definition) is 3. The number of carbonyl (C=O) groups is 2. The van der Waals surface area contributed by atoms with E-state index in [0.717, 1.165) is 38.9 Å². The highest BCUT2D eigenvalue weighted by molar-refractivity contribution is 5.79. The lowest BCUT2D eigenvalue weighted by Crippen LogP contribution is -2.37. The van der Waals surface area contributed by atoms with Crippen LogP contribution in [0.1, 0.15) is 32.6 Å². The second-order valence-corrected chi connectivity index (χ2v) is 4.36. The average Bonchev–Trinajstić information content (AvgIpc) is 2.85. The van der Waals surface area contributed by atoms with Gasteiger partial charge in [0.1, 0.15) is 0 Å². The molecule has 1 aliphatic rings. The van der Waals surface area contributed by atoms with E-state index in [1.807, 2.05) is 11.8 Å². The average molecular weight is 241 g/mol. The molecule has 2 amide bonds. The van der Waals surface area contributed by atoms with Gasteiger partial charge in [-0.3, -0.25) is 9.59 Å². The highest BCUT2D eigenvalue weighted by Gasteiger charge is 2.16. The van der Waals surface area contributed by atoms with E-state index < -0.39 is 0 Å². The zero-order valence-corrected chi connectivity index (χ0v) is 10.6. The van der Waals surface area contributed by atoms with E-state index >= 15 is 0 Å². The Morgan fingerprint density at radius 2 is 1.88 bits per heavy atom. The molecule has 0 unspecified atom stereocenters. The second kappa shape index (κ2) is 8.06. The Morgan fingerprint density at radius 3 is 2.53 bits per heavy atom. The Morgan fingerprint density at radius 1 is 1.18 bits per heavy atom. The van der Waals surface area contributed by atoms with Gasteiger partial charge >= 0.3 is 0 Å². The molecule has 1 heterocycles. The molecule has 0 bridgehead atoms. The van der Waals surface area contributed by atoms with Crippen LogP contribution in [0, 0.1) is 0 Å². The molecule has 0 aliphatic carbocycles. The van der Waals surface area contributed by atoms with Gasteiger partial charge in [-0.25, -0.2) is 0 Å². The van der Waals surface area contributed by atoms with Gasteiger partial charge in [-0.2, -0.15) is 0 Å². The van der Waals surface area contributed by atoms with Gasteiger partial charge in [-0.1, -0.05) is 6.92 Å². The zero-order valence-electron chi connectivity index (χ0n) is 10.6. The Bertz CT molecular complexity index is 250. The highest BCUT2D eigenvalue weighted by Crippen LogP contribution is 2.06. The molecular formula is C12H23N3O2. The first-order valence-electron chi connectivity index (χ1n) is 6.49. The molecule has 1 saturated heterocycles. The minimum absolute atomic E-state index is 0.0490. The van der Waals surface area contributed by atoms with Crippen LogP contribution in [-0.2, 0) is 9.59 Å². The third-order valence-electron chi connectivity index (χ3n) is 2.84. The van der Waals surface area contributed by atoms with Gasteiger partial charge in [0.2, 0.25) is 11.8 Å². The summed E-state index contributed by atoms with van der Waals surface area (Å²) in [6, 6.07) is 0. The monoisotopic (exact) mass is 241 g/mol. The van der Waals surface area contributed by atoms with Crippen molar-refractivity contribution in [1.29, 1.82) is 0 Å². The second-order valence-electron chi connectivity index (χ2n) is 4.36. The third-order valence-corrected chi connectivity index (χ3v) is 2.84. The van der Waals surface area contributed by atoms with E-state index in [1.165, 1.54) is 0 Å². The number of carbonyl (C=O) groups excluding carboxylic acids is 2. The standard InChI is InChI=1S/C12H23N3O2/c1-2-6-14-11(16)5-7-13-10-12(17)15-8-3-4-9-15/h13H,2-10H2,1H3,(H,14,16). The molecule has 0 atom stereocenters. The van der Waals surface area contributed by atoms with Crippen LogP contribution in [0.2, 0.25) is 0 Å². The molecule has 0 radical (unpaired) electrons. The maximum Gasteiger partial charge on any atom is 0.236 e. The number of hydrogen-bond donors (Lipinski definition) is 2. The number of nitrogens with one attached hydrogen (secondary N) is 2. The molecular weight excluding hydrogens is 218 g/mol. The lowest BCUT2D eigenvalue weighted by molar-refractivity contribution is -0.129. The van der Waals surface area contributed by atoms with Crippen molar-refractivity contribution in [3.05, 3.63) is 0 Å². The molecule has 17 heavy (non-hydrogen) atoms. The molecule has 0 saturated carbocycles. The summed E-state index contributed by atoms with van der Waals surface area (Å²) in [6.45, 7) is 5.43. The lowest BCUT2D eigenvalue weighted by Gasteiger charge is -2.15. The largest absolute Gasteiger partial charge is 0.356 e. The van der Waals surface area contributed by atoms with Crippen LogP contribution in [0.3, 0.4) is 0 Å². The predicted octanol–water partition coefficient (Wildman–Crippen LogP) is 0.115. The van der Waals surface area contributed by atoms with Crippen LogP contribution < -0.4 is 10.6 Å². The SMILES string of the molecule is CCCNC(=O)CCNCC(=O)N1CCCC1. The van der Waals surface area contributed by atoms with Gasteiger partial charge in [-0.15, -0.1) is 0 Å². The third kappa shape index (κ3) is 5.68. The van der Waals surface area contributed by atoms with E-state index in [9.17, 15) is 9.59 Å². The van der Waals surface area contributed by atoms with Crippen LogP contribution in [0.4, 0.5) is 0 Å². The summed E-state index contributed by atoms with van der Waals surface area (Å²) >= 11 is 0. The Labute approximate surface area is 103 Å².